The molecular formula is C23H20N4O4. The first-order valence-electron chi connectivity index (χ1n) is 9.42. The van der Waals surface area contributed by atoms with Crippen LogP contribution in [0.2, 0.25) is 0 Å². The number of hydrazone groups is 1. The van der Waals surface area contributed by atoms with Gasteiger partial charge in [-0.3, -0.25) is 9.89 Å². The van der Waals surface area contributed by atoms with Gasteiger partial charge in [-0.15, -0.1) is 0 Å². The lowest BCUT2D eigenvalue weighted by molar-refractivity contribution is 0.0950. The summed E-state index contributed by atoms with van der Waals surface area (Å²) >= 11 is 0. The van der Waals surface area contributed by atoms with Gasteiger partial charge in [0.1, 0.15) is 5.69 Å². The van der Waals surface area contributed by atoms with Crippen molar-refractivity contribution in [2.24, 2.45) is 5.10 Å². The summed E-state index contributed by atoms with van der Waals surface area (Å²) in [4.78, 5) is 12.4. The molecule has 4 aromatic rings. The fourth-order valence-corrected chi connectivity index (χ4v) is 3.15. The van der Waals surface area contributed by atoms with Crippen molar-refractivity contribution in [1.82, 2.24) is 15.6 Å². The summed E-state index contributed by atoms with van der Waals surface area (Å²) in [7, 11) is 2.87. The Morgan fingerprint density at radius 3 is 2.45 bits per heavy atom. The second-order valence-corrected chi connectivity index (χ2v) is 6.70. The van der Waals surface area contributed by atoms with Crippen LogP contribution in [-0.4, -0.2) is 41.6 Å². The highest BCUT2D eigenvalue weighted by Gasteiger charge is 2.12. The number of aromatic hydroxyl groups is 1. The number of phenols is 1. The molecule has 8 nitrogen and oxygen atoms in total. The van der Waals surface area contributed by atoms with E-state index < -0.39 is 5.91 Å². The van der Waals surface area contributed by atoms with Crippen LogP contribution in [-0.2, 0) is 0 Å². The van der Waals surface area contributed by atoms with Gasteiger partial charge in [-0.1, -0.05) is 36.4 Å². The molecule has 8 heteroatoms. The maximum absolute atomic E-state index is 12.4. The van der Waals surface area contributed by atoms with Gasteiger partial charge in [-0.05, 0) is 35.0 Å². The van der Waals surface area contributed by atoms with E-state index in [-0.39, 0.29) is 22.9 Å². The molecule has 3 N–H and O–H groups in total. The van der Waals surface area contributed by atoms with Gasteiger partial charge in [0.15, 0.2) is 11.5 Å². The van der Waals surface area contributed by atoms with Crippen molar-refractivity contribution in [3.63, 3.8) is 0 Å². The van der Waals surface area contributed by atoms with Crippen LogP contribution >= 0.6 is 0 Å². The second-order valence-electron chi connectivity index (χ2n) is 6.70. The maximum Gasteiger partial charge on any atom is 0.289 e. The lowest BCUT2D eigenvalue weighted by Crippen LogP contribution is -2.18. The summed E-state index contributed by atoms with van der Waals surface area (Å²) in [6.45, 7) is 0. The summed E-state index contributed by atoms with van der Waals surface area (Å²) in [6, 6.07) is 18.9. The third-order valence-electron chi connectivity index (χ3n) is 4.75. The molecule has 0 bridgehead atoms. The second kappa shape index (κ2) is 8.58. The Hall–Kier alpha value is -4.33. The number of fused-ring (bicyclic) bond motifs is 1. The van der Waals surface area contributed by atoms with Gasteiger partial charge in [0.2, 0.25) is 5.75 Å². The Labute approximate surface area is 178 Å². The van der Waals surface area contributed by atoms with Crippen LogP contribution in [0, 0.1) is 0 Å². The number of aromatic nitrogens is 2. The predicted octanol–water partition coefficient (Wildman–Crippen LogP) is 3.72. The number of phenolic OH excluding ortho intramolecular Hbond substituents is 1. The number of carbonyl (C=O) groups is 1. The number of aromatic amines is 1. The molecule has 0 radical (unpaired) electrons. The van der Waals surface area contributed by atoms with Crippen LogP contribution in [0.5, 0.6) is 17.2 Å². The van der Waals surface area contributed by atoms with Gasteiger partial charge in [0.05, 0.1) is 26.1 Å². The highest BCUT2D eigenvalue weighted by Crippen LogP contribution is 2.36. The Bertz CT molecular complexity index is 1250. The summed E-state index contributed by atoms with van der Waals surface area (Å²) in [5, 5.41) is 23.1. The average Bonchev–Trinajstić information content (AvgIpc) is 3.30. The van der Waals surface area contributed by atoms with E-state index in [1.54, 1.807) is 18.2 Å². The largest absolute Gasteiger partial charge is 0.502 e. The first-order valence-corrected chi connectivity index (χ1v) is 9.42. The highest BCUT2D eigenvalue weighted by atomic mass is 16.5. The maximum atomic E-state index is 12.4. The van der Waals surface area contributed by atoms with E-state index in [0.717, 1.165) is 16.3 Å². The molecule has 3 aromatic carbocycles. The van der Waals surface area contributed by atoms with Crippen molar-refractivity contribution in [2.45, 2.75) is 0 Å². The number of amides is 1. The van der Waals surface area contributed by atoms with Crippen LogP contribution in [0.4, 0.5) is 0 Å². The molecule has 0 atom stereocenters. The number of H-pyrrole nitrogens is 1. The Balaban J connectivity index is 1.48. The van der Waals surface area contributed by atoms with Gasteiger partial charge < -0.3 is 14.6 Å². The minimum atomic E-state index is -0.437. The van der Waals surface area contributed by atoms with Gasteiger partial charge in [0, 0.05) is 11.1 Å². The molecule has 0 saturated heterocycles. The number of hydrogen-bond acceptors (Lipinski definition) is 6. The van der Waals surface area contributed by atoms with Crippen LogP contribution in [0.15, 0.2) is 65.8 Å². The molecule has 0 aliphatic rings. The minimum absolute atomic E-state index is 0.107. The van der Waals surface area contributed by atoms with E-state index >= 15 is 0 Å². The van der Waals surface area contributed by atoms with Crippen LogP contribution in [0.1, 0.15) is 16.1 Å². The number of carbonyl (C=O) groups excluding carboxylic acids is 1. The van der Waals surface area contributed by atoms with E-state index in [0.29, 0.717) is 11.3 Å². The molecule has 0 aliphatic heterocycles. The van der Waals surface area contributed by atoms with E-state index in [9.17, 15) is 9.90 Å². The third-order valence-corrected chi connectivity index (χ3v) is 4.75. The van der Waals surface area contributed by atoms with E-state index in [4.69, 9.17) is 9.47 Å². The first-order chi connectivity index (χ1) is 15.1. The van der Waals surface area contributed by atoms with Gasteiger partial charge in [0.25, 0.3) is 5.91 Å². The number of hydrogen-bond donors (Lipinski definition) is 3. The van der Waals surface area contributed by atoms with Crippen LogP contribution in [0.25, 0.3) is 22.0 Å². The molecule has 0 aliphatic carbocycles. The Kier molecular flexibility index (Phi) is 5.53. The number of ether oxygens (including phenoxy) is 2. The molecule has 1 heterocycles. The number of methoxy groups -OCH3 is 2. The summed E-state index contributed by atoms with van der Waals surface area (Å²) in [5.74, 6) is -0.0696. The predicted molar refractivity (Wildman–Crippen MR) is 118 cm³/mol. The molecule has 156 valence electrons. The zero-order valence-electron chi connectivity index (χ0n) is 16.9. The topological polar surface area (TPSA) is 109 Å². The molecular weight excluding hydrogens is 396 g/mol. The molecule has 4 rings (SSSR count). The SMILES string of the molecule is COc1cc(/C=N\NC(=O)c2cc(-c3ccc4ccccc4c3)n[nH]2)cc(OC)c1O. The van der Waals surface area contributed by atoms with Gasteiger partial charge in [-0.25, -0.2) is 5.43 Å². The lowest BCUT2D eigenvalue weighted by atomic mass is 10.1. The number of benzene rings is 3. The standard InChI is InChI=1S/C23H20N4O4/c1-30-20-9-14(10-21(31-2)22(20)28)13-24-27-23(29)19-12-18(25-26-19)17-8-7-15-5-3-4-6-16(15)11-17/h3-13,28H,1-2H3,(H,25,26)(H,27,29)/b24-13-. The smallest absolute Gasteiger partial charge is 0.289 e. The monoisotopic (exact) mass is 416 g/mol. The summed E-state index contributed by atoms with van der Waals surface area (Å²) in [5.41, 5.74) is 4.87. The van der Waals surface area contributed by atoms with Crippen LogP contribution in [0.3, 0.4) is 0 Å². The Morgan fingerprint density at radius 2 is 1.74 bits per heavy atom. The molecule has 0 unspecified atom stereocenters. The van der Waals surface area contributed by atoms with Gasteiger partial charge >= 0.3 is 0 Å². The van der Waals surface area contributed by atoms with Crippen molar-refractivity contribution < 1.29 is 19.4 Å². The molecule has 0 spiro atoms. The number of rotatable bonds is 6. The molecule has 1 aromatic heterocycles. The van der Waals surface area contributed by atoms with Crippen molar-refractivity contribution >= 4 is 22.9 Å². The lowest BCUT2D eigenvalue weighted by Gasteiger charge is -2.09. The van der Waals surface area contributed by atoms with Crippen molar-refractivity contribution in [3.8, 4) is 28.5 Å². The molecule has 0 fully saturated rings. The Morgan fingerprint density at radius 1 is 1.03 bits per heavy atom. The summed E-state index contributed by atoms with van der Waals surface area (Å²) in [6.07, 6.45) is 1.42. The zero-order valence-corrected chi connectivity index (χ0v) is 16.9. The third kappa shape index (κ3) is 4.18. The first kappa shape index (κ1) is 20.0. The number of nitrogens with zero attached hydrogens (tertiary/aromatic N) is 2. The zero-order chi connectivity index (χ0) is 21.8. The van der Waals surface area contributed by atoms with Gasteiger partial charge in [-0.2, -0.15) is 10.2 Å². The summed E-state index contributed by atoms with van der Waals surface area (Å²) < 4.78 is 10.2. The molecule has 1 amide bonds. The minimum Gasteiger partial charge on any atom is -0.502 e. The van der Waals surface area contributed by atoms with E-state index in [1.807, 2.05) is 42.5 Å². The van der Waals surface area contributed by atoms with Crippen molar-refractivity contribution in [3.05, 3.63) is 71.9 Å². The average molecular weight is 416 g/mol. The highest BCUT2D eigenvalue weighted by molar-refractivity contribution is 5.95. The van der Waals surface area contributed by atoms with Crippen LogP contribution < -0.4 is 14.9 Å². The molecule has 0 saturated carbocycles. The van der Waals surface area contributed by atoms with Crippen molar-refractivity contribution in [1.29, 1.82) is 0 Å². The van der Waals surface area contributed by atoms with E-state index in [2.05, 4.69) is 20.7 Å². The quantitative estimate of drug-likeness (QED) is 0.328. The fraction of sp³-hybridized carbons (Fsp3) is 0.0870. The fourth-order valence-electron chi connectivity index (χ4n) is 3.15. The van der Waals surface area contributed by atoms with E-state index in [1.165, 1.54) is 20.4 Å². The molecule has 31 heavy (non-hydrogen) atoms. The number of nitrogens with one attached hydrogen (secondary N) is 2. The normalized spacial score (nSPS) is 11.0. The van der Waals surface area contributed by atoms with Crippen molar-refractivity contribution in [2.75, 3.05) is 14.2 Å².